The molecule has 1 fully saturated rings. The van der Waals surface area contributed by atoms with E-state index >= 15 is 0 Å². The molecule has 1 saturated heterocycles. The van der Waals surface area contributed by atoms with E-state index in [4.69, 9.17) is 4.74 Å². The van der Waals surface area contributed by atoms with Gasteiger partial charge in [-0.1, -0.05) is 35.5 Å². The molecular formula is C27H32N6O4S. The number of anilines is 1. The molecule has 4 rings (SSSR count). The summed E-state index contributed by atoms with van der Waals surface area (Å²) in [6.07, 6.45) is 0. The summed E-state index contributed by atoms with van der Waals surface area (Å²) in [6, 6.07) is 14.0. The van der Waals surface area contributed by atoms with Crippen LogP contribution < -0.4 is 10.6 Å². The van der Waals surface area contributed by atoms with Crippen LogP contribution in [-0.2, 0) is 16.1 Å². The summed E-state index contributed by atoms with van der Waals surface area (Å²) in [5.74, 6) is 0.245. The molecule has 3 aromatic rings. The van der Waals surface area contributed by atoms with Crippen molar-refractivity contribution in [3.63, 3.8) is 0 Å². The second-order valence-corrected chi connectivity index (χ2v) is 9.91. The maximum atomic E-state index is 12.7. The second kappa shape index (κ2) is 12.7. The van der Waals surface area contributed by atoms with Crippen molar-refractivity contribution in [1.29, 1.82) is 0 Å². The number of hydrogen-bond donors (Lipinski definition) is 2. The fourth-order valence-electron chi connectivity index (χ4n) is 4.16. The molecule has 0 saturated carbocycles. The number of morpholine rings is 1. The fraction of sp³-hybridized carbons (Fsp3) is 0.370. The number of amides is 3. The van der Waals surface area contributed by atoms with Crippen LogP contribution in [0.2, 0.25) is 0 Å². The number of carbonyl (C=O) groups excluding carboxylic acids is 3. The van der Waals surface area contributed by atoms with Gasteiger partial charge in [0.05, 0.1) is 25.0 Å². The van der Waals surface area contributed by atoms with E-state index in [1.165, 1.54) is 11.8 Å². The third kappa shape index (κ3) is 6.78. The molecule has 2 aromatic carbocycles. The monoisotopic (exact) mass is 536 g/mol. The standard InChI is InChI=1S/C27H32N6O4S/c1-4-33-24(19(3)28-25(35)20-8-5-7-18(2)15-20)30-31-27(33)38-17-23(34)29-22-10-6-9-21(16-22)26(36)32-11-13-37-14-12-32/h5-10,15-16,19H,4,11-14,17H2,1-3H3,(H,28,35)(H,29,34)/t19-/m0/s1. The molecule has 1 atom stereocenters. The molecule has 200 valence electrons. The molecule has 2 heterocycles. The lowest BCUT2D eigenvalue weighted by Crippen LogP contribution is -2.40. The van der Waals surface area contributed by atoms with Crippen molar-refractivity contribution in [3.05, 3.63) is 71.0 Å². The lowest BCUT2D eigenvalue weighted by atomic mass is 10.1. The van der Waals surface area contributed by atoms with Crippen molar-refractivity contribution in [3.8, 4) is 0 Å². The smallest absolute Gasteiger partial charge is 0.254 e. The highest BCUT2D eigenvalue weighted by atomic mass is 32.2. The first-order valence-corrected chi connectivity index (χ1v) is 13.5. The Morgan fingerprint density at radius 3 is 2.53 bits per heavy atom. The molecule has 0 bridgehead atoms. The van der Waals surface area contributed by atoms with Gasteiger partial charge in [-0.3, -0.25) is 14.4 Å². The Labute approximate surface area is 226 Å². The Bertz CT molecular complexity index is 1300. The van der Waals surface area contributed by atoms with Gasteiger partial charge in [-0.25, -0.2) is 0 Å². The summed E-state index contributed by atoms with van der Waals surface area (Å²) in [7, 11) is 0. The minimum atomic E-state index is -0.370. The van der Waals surface area contributed by atoms with Crippen molar-refractivity contribution >= 4 is 35.2 Å². The van der Waals surface area contributed by atoms with Crippen LogP contribution in [0.15, 0.2) is 53.7 Å². The summed E-state index contributed by atoms with van der Waals surface area (Å²) < 4.78 is 7.20. The van der Waals surface area contributed by atoms with E-state index in [1.54, 1.807) is 35.2 Å². The number of ether oxygens (including phenoxy) is 1. The fourth-order valence-corrected chi connectivity index (χ4v) is 4.97. The lowest BCUT2D eigenvalue weighted by molar-refractivity contribution is -0.113. The van der Waals surface area contributed by atoms with E-state index < -0.39 is 0 Å². The van der Waals surface area contributed by atoms with Crippen molar-refractivity contribution < 1.29 is 19.1 Å². The van der Waals surface area contributed by atoms with Gasteiger partial charge in [0.2, 0.25) is 5.91 Å². The number of aromatic nitrogens is 3. The molecule has 0 spiro atoms. The quantitative estimate of drug-likeness (QED) is 0.403. The molecule has 2 N–H and O–H groups in total. The molecule has 1 aliphatic heterocycles. The Kier molecular flexibility index (Phi) is 9.14. The molecule has 10 nitrogen and oxygen atoms in total. The third-order valence-electron chi connectivity index (χ3n) is 6.10. The van der Waals surface area contributed by atoms with Crippen molar-refractivity contribution in [2.24, 2.45) is 0 Å². The Balaban J connectivity index is 1.34. The van der Waals surface area contributed by atoms with Gasteiger partial charge >= 0.3 is 0 Å². The Morgan fingerprint density at radius 1 is 1.05 bits per heavy atom. The predicted octanol–water partition coefficient (Wildman–Crippen LogP) is 3.30. The topological polar surface area (TPSA) is 118 Å². The van der Waals surface area contributed by atoms with Crippen LogP contribution in [0.4, 0.5) is 5.69 Å². The predicted molar refractivity (Wildman–Crippen MR) is 145 cm³/mol. The first-order chi connectivity index (χ1) is 18.4. The lowest BCUT2D eigenvalue weighted by Gasteiger charge is -2.27. The second-order valence-electron chi connectivity index (χ2n) is 8.97. The van der Waals surface area contributed by atoms with E-state index in [1.807, 2.05) is 43.5 Å². The van der Waals surface area contributed by atoms with E-state index in [-0.39, 0.29) is 29.5 Å². The third-order valence-corrected chi connectivity index (χ3v) is 7.07. The van der Waals surface area contributed by atoms with Gasteiger partial charge in [-0.15, -0.1) is 10.2 Å². The molecule has 11 heteroatoms. The average Bonchev–Trinajstić information content (AvgIpc) is 3.35. The van der Waals surface area contributed by atoms with Crippen LogP contribution in [0, 0.1) is 6.92 Å². The zero-order valence-electron chi connectivity index (χ0n) is 21.8. The highest BCUT2D eigenvalue weighted by Crippen LogP contribution is 2.22. The van der Waals surface area contributed by atoms with Crippen LogP contribution in [-0.4, -0.2) is 69.4 Å². The number of hydrogen-bond acceptors (Lipinski definition) is 7. The molecule has 0 aliphatic carbocycles. The minimum absolute atomic E-state index is 0.0778. The van der Waals surface area contributed by atoms with Crippen molar-refractivity contribution in [2.45, 2.75) is 38.5 Å². The Morgan fingerprint density at radius 2 is 1.79 bits per heavy atom. The summed E-state index contributed by atoms with van der Waals surface area (Å²) in [5, 5.41) is 15.0. The number of nitrogens with one attached hydrogen (secondary N) is 2. The maximum Gasteiger partial charge on any atom is 0.254 e. The molecule has 0 radical (unpaired) electrons. The van der Waals surface area contributed by atoms with E-state index in [9.17, 15) is 14.4 Å². The van der Waals surface area contributed by atoms with E-state index in [0.717, 1.165) is 5.56 Å². The summed E-state index contributed by atoms with van der Waals surface area (Å²) in [6.45, 7) is 8.51. The van der Waals surface area contributed by atoms with E-state index in [0.29, 0.717) is 60.6 Å². The van der Waals surface area contributed by atoms with Gasteiger partial charge in [-0.2, -0.15) is 0 Å². The molecular weight excluding hydrogens is 504 g/mol. The molecule has 38 heavy (non-hydrogen) atoms. The molecule has 1 aromatic heterocycles. The first kappa shape index (κ1) is 27.3. The largest absolute Gasteiger partial charge is 0.378 e. The molecule has 1 aliphatic rings. The zero-order chi connectivity index (χ0) is 27.1. The molecule has 0 unspecified atom stereocenters. The zero-order valence-corrected chi connectivity index (χ0v) is 22.6. The van der Waals surface area contributed by atoms with E-state index in [2.05, 4.69) is 20.8 Å². The van der Waals surface area contributed by atoms with Crippen molar-refractivity contribution in [2.75, 3.05) is 37.4 Å². The van der Waals surface area contributed by atoms with Gasteiger partial charge in [-0.05, 0) is 51.1 Å². The summed E-state index contributed by atoms with van der Waals surface area (Å²) in [5.41, 5.74) is 2.67. The van der Waals surface area contributed by atoms with Crippen LogP contribution in [0.5, 0.6) is 0 Å². The van der Waals surface area contributed by atoms with Crippen LogP contribution >= 0.6 is 11.8 Å². The summed E-state index contributed by atoms with van der Waals surface area (Å²) >= 11 is 1.26. The number of benzene rings is 2. The molecule has 3 amide bonds. The van der Waals surface area contributed by atoms with Crippen LogP contribution in [0.25, 0.3) is 0 Å². The average molecular weight is 537 g/mol. The van der Waals surface area contributed by atoms with Gasteiger partial charge in [0.15, 0.2) is 11.0 Å². The highest BCUT2D eigenvalue weighted by Gasteiger charge is 2.21. The first-order valence-electron chi connectivity index (χ1n) is 12.6. The Hall–Kier alpha value is -3.70. The van der Waals surface area contributed by atoms with Crippen LogP contribution in [0.3, 0.4) is 0 Å². The maximum absolute atomic E-state index is 12.7. The highest BCUT2D eigenvalue weighted by molar-refractivity contribution is 7.99. The van der Waals surface area contributed by atoms with Gasteiger partial charge < -0.3 is 24.8 Å². The van der Waals surface area contributed by atoms with Gasteiger partial charge in [0.25, 0.3) is 11.8 Å². The van der Waals surface area contributed by atoms with Crippen LogP contribution in [0.1, 0.15) is 52.0 Å². The normalized spacial score (nSPS) is 14.1. The summed E-state index contributed by atoms with van der Waals surface area (Å²) in [4.78, 5) is 39.9. The number of aryl methyl sites for hydroxylation is 1. The number of nitrogens with zero attached hydrogens (tertiary/aromatic N) is 4. The van der Waals surface area contributed by atoms with Gasteiger partial charge in [0.1, 0.15) is 0 Å². The minimum Gasteiger partial charge on any atom is -0.378 e. The number of rotatable bonds is 9. The van der Waals surface area contributed by atoms with Gasteiger partial charge in [0, 0.05) is 36.4 Å². The number of carbonyl (C=O) groups is 3. The van der Waals surface area contributed by atoms with Crippen molar-refractivity contribution in [1.82, 2.24) is 25.0 Å². The number of thioether (sulfide) groups is 1. The SMILES string of the molecule is CCn1c(SCC(=O)Nc2cccc(C(=O)N3CCOCC3)c2)nnc1[C@H](C)NC(=O)c1cccc(C)c1.